The van der Waals surface area contributed by atoms with E-state index in [1.54, 1.807) is 6.92 Å². The molecule has 2 unspecified atom stereocenters. The van der Waals surface area contributed by atoms with Gasteiger partial charge in [0.25, 0.3) is 0 Å². The van der Waals surface area contributed by atoms with Crippen LogP contribution in [0.15, 0.2) is 0 Å². The molecular weight excluding hydrogens is 268 g/mol. The first kappa shape index (κ1) is 15.8. The van der Waals surface area contributed by atoms with Gasteiger partial charge in [-0.1, -0.05) is 0 Å². The van der Waals surface area contributed by atoms with Crippen molar-refractivity contribution in [3.8, 4) is 0 Å². The average molecular weight is 288 g/mol. The molecule has 108 valence electrons. The lowest BCUT2D eigenvalue weighted by Crippen LogP contribution is -2.42. The first-order valence-corrected chi connectivity index (χ1v) is 7.44. The highest BCUT2D eigenvalue weighted by molar-refractivity contribution is 8.00. The number of likely N-dealkylation sites (tertiary alicyclic amines) is 1. The third-order valence-corrected chi connectivity index (χ3v) is 4.32. The maximum atomic E-state index is 12.1. The lowest BCUT2D eigenvalue weighted by Gasteiger charge is -2.29. The van der Waals surface area contributed by atoms with E-state index in [1.165, 1.54) is 11.8 Å². The van der Waals surface area contributed by atoms with E-state index >= 15 is 0 Å². The summed E-state index contributed by atoms with van der Waals surface area (Å²) in [5, 5.41) is 10.8. The van der Waals surface area contributed by atoms with Crippen LogP contribution in [-0.2, 0) is 14.4 Å². The van der Waals surface area contributed by atoms with E-state index in [2.05, 4.69) is 5.32 Å². The second kappa shape index (κ2) is 8.04. The number of amides is 2. The minimum atomic E-state index is -1.09. The second-order valence-corrected chi connectivity index (χ2v) is 5.91. The standard InChI is InChI=1S/C12H20N2O4S/c1-9(11(16)14-5-3-2-4-6-14)19-7-10(12(17)18)13-8-15/h8-10H,2-7H2,1H3,(H,13,15)(H,17,18). The summed E-state index contributed by atoms with van der Waals surface area (Å²) in [5.74, 6) is -0.841. The molecule has 1 rings (SSSR count). The minimum absolute atomic E-state index is 0.0555. The van der Waals surface area contributed by atoms with Crippen molar-refractivity contribution in [1.82, 2.24) is 10.2 Å². The largest absolute Gasteiger partial charge is 0.480 e. The van der Waals surface area contributed by atoms with Gasteiger partial charge in [0.15, 0.2) is 0 Å². The first-order valence-electron chi connectivity index (χ1n) is 6.39. The van der Waals surface area contributed by atoms with Gasteiger partial charge in [0.05, 0.1) is 5.25 Å². The summed E-state index contributed by atoms with van der Waals surface area (Å²) in [6.45, 7) is 3.36. The molecule has 2 amide bonds. The van der Waals surface area contributed by atoms with Gasteiger partial charge < -0.3 is 15.3 Å². The fourth-order valence-corrected chi connectivity index (χ4v) is 2.97. The summed E-state index contributed by atoms with van der Waals surface area (Å²) in [6.07, 6.45) is 3.60. The maximum absolute atomic E-state index is 12.1. The van der Waals surface area contributed by atoms with Crippen LogP contribution in [0.5, 0.6) is 0 Å². The maximum Gasteiger partial charge on any atom is 0.327 e. The summed E-state index contributed by atoms with van der Waals surface area (Å²) in [4.78, 5) is 35.1. The summed E-state index contributed by atoms with van der Waals surface area (Å²) >= 11 is 1.26. The normalized spacial score (nSPS) is 18.5. The molecule has 2 N–H and O–H groups in total. The van der Waals surface area contributed by atoms with Gasteiger partial charge in [-0.2, -0.15) is 0 Å². The number of hydrogen-bond donors (Lipinski definition) is 2. The average Bonchev–Trinajstić information content (AvgIpc) is 2.42. The topological polar surface area (TPSA) is 86.7 Å². The van der Waals surface area contributed by atoms with Crippen molar-refractivity contribution in [2.24, 2.45) is 0 Å². The zero-order valence-electron chi connectivity index (χ0n) is 11.0. The summed E-state index contributed by atoms with van der Waals surface area (Å²) < 4.78 is 0. The Morgan fingerprint density at radius 1 is 1.37 bits per heavy atom. The molecule has 1 heterocycles. The van der Waals surface area contributed by atoms with E-state index in [0.29, 0.717) is 6.41 Å². The van der Waals surface area contributed by atoms with Crippen LogP contribution >= 0.6 is 11.8 Å². The highest BCUT2D eigenvalue weighted by Gasteiger charge is 2.25. The van der Waals surface area contributed by atoms with Crippen molar-refractivity contribution < 1.29 is 19.5 Å². The van der Waals surface area contributed by atoms with Gasteiger partial charge in [0, 0.05) is 18.8 Å². The van der Waals surface area contributed by atoms with E-state index in [0.717, 1.165) is 32.4 Å². The molecule has 1 fully saturated rings. The van der Waals surface area contributed by atoms with Gasteiger partial charge in [-0.25, -0.2) is 4.79 Å². The Morgan fingerprint density at radius 2 is 2.00 bits per heavy atom. The van der Waals surface area contributed by atoms with Crippen molar-refractivity contribution in [2.45, 2.75) is 37.5 Å². The third-order valence-electron chi connectivity index (χ3n) is 3.10. The zero-order valence-corrected chi connectivity index (χ0v) is 11.8. The molecule has 7 heteroatoms. The van der Waals surface area contributed by atoms with Gasteiger partial charge in [0.1, 0.15) is 6.04 Å². The Morgan fingerprint density at radius 3 is 2.53 bits per heavy atom. The lowest BCUT2D eigenvalue weighted by atomic mass is 10.1. The van der Waals surface area contributed by atoms with Gasteiger partial charge in [-0.15, -0.1) is 11.8 Å². The molecule has 0 radical (unpaired) electrons. The number of aliphatic carboxylic acids is 1. The van der Waals surface area contributed by atoms with E-state index in [4.69, 9.17) is 5.11 Å². The van der Waals surface area contributed by atoms with Crippen molar-refractivity contribution in [1.29, 1.82) is 0 Å². The molecule has 2 atom stereocenters. The van der Waals surface area contributed by atoms with Crippen LogP contribution in [0, 0.1) is 0 Å². The molecule has 0 bridgehead atoms. The molecular formula is C12H20N2O4S. The molecule has 6 nitrogen and oxygen atoms in total. The van der Waals surface area contributed by atoms with E-state index in [1.807, 2.05) is 4.90 Å². The molecule has 0 aromatic carbocycles. The molecule has 19 heavy (non-hydrogen) atoms. The highest BCUT2D eigenvalue weighted by Crippen LogP contribution is 2.18. The monoisotopic (exact) mass is 288 g/mol. The van der Waals surface area contributed by atoms with Crippen molar-refractivity contribution in [3.63, 3.8) is 0 Å². The van der Waals surface area contributed by atoms with Crippen molar-refractivity contribution in [2.75, 3.05) is 18.8 Å². The lowest BCUT2D eigenvalue weighted by molar-refractivity contribution is -0.139. The SMILES string of the molecule is CC(SCC(NC=O)C(=O)O)C(=O)N1CCCCC1. The first-order chi connectivity index (χ1) is 9.06. The van der Waals surface area contributed by atoms with E-state index in [-0.39, 0.29) is 16.9 Å². The number of carboxylic acids is 1. The van der Waals surface area contributed by atoms with Crippen LogP contribution in [0.4, 0.5) is 0 Å². The summed E-state index contributed by atoms with van der Waals surface area (Å²) in [7, 11) is 0. The number of nitrogens with zero attached hydrogens (tertiary/aromatic N) is 1. The van der Waals surface area contributed by atoms with E-state index < -0.39 is 12.0 Å². The summed E-state index contributed by atoms with van der Waals surface area (Å²) in [5.41, 5.74) is 0. The number of hydrogen-bond acceptors (Lipinski definition) is 4. The number of nitrogens with one attached hydrogen (secondary N) is 1. The molecule has 0 aromatic heterocycles. The second-order valence-electron chi connectivity index (χ2n) is 4.54. The van der Waals surface area contributed by atoms with Crippen LogP contribution in [0.3, 0.4) is 0 Å². The van der Waals surface area contributed by atoms with Crippen LogP contribution in [0.2, 0.25) is 0 Å². The molecule has 1 aliphatic rings. The van der Waals surface area contributed by atoms with Crippen molar-refractivity contribution >= 4 is 30.0 Å². The fraction of sp³-hybridized carbons (Fsp3) is 0.750. The molecule has 1 saturated heterocycles. The Kier molecular flexibility index (Phi) is 6.69. The number of carbonyl (C=O) groups is 3. The smallest absolute Gasteiger partial charge is 0.327 e. The minimum Gasteiger partial charge on any atom is -0.480 e. The molecule has 0 spiro atoms. The quantitative estimate of drug-likeness (QED) is 0.659. The predicted octanol–water partition coefficient (Wildman–Crippen LogP) is 0.320. The third kappa shape index (κ3) is 5.10. The van der Waals surface area contributed by atoms with Crippen LogP contribution in [0.25, 0.3) is 0 Å². The molecule has 0 saturated carbocycles. The summed E-state index contributed by atoms with van der Waals surface area (Å²) in [6, 6.07) is -0.945. The number of rotatable bonds is 7. The fourth-order valence-electron chi connectivity index (χ4n) is 1.96. The molecule has 0 aromatic rings. The van der Waals surface area contributed by atoms with Gasteiger partial charge >= 0.3 is 5.97 Å². The van der Waals surface area contributed by atoms with Crippen LogP contribution < -0.4 is 5.32 Å². The number of carbonyl (C=O) groups excluding carboxylic acids is 2. The van der Waals surface area contributed by atoms with Gasteiger partial charge in [-0.3, -0.25) is 9.59 Å². The number of thioether (sulfide) groups is 1. The van der Waals surface area contributed by atoms with Gasteiger partial charge in [0.2, 0.25) is 12.3 Å². The Hall–Kier alpha value is -1.24. The van der Waals surface area contributed by atoms with Crippen LogP contribution in [-0.4, -0.2) is 58.4 Å². The molecule has 1 aliphatic heterocycles. The number of piperidine rings is 1. The highest BCUT2D eigenvalue weighted by atomic mass is 32.2. The zero-order chi connectivity index (χ0) is 14.3. The Balaban J connectivity index is 2.40. The Bertz CT molecular complexity index is 332. The van der Waals surface area contributed by atoms with Gasteiger partial charge in [-0.05, 0) is 26.2 Å². The van der Waals surface area contributed by atoms with E-state index in [9.17, 15) is 14.4 Å². The molecule has 0 aliphatic carbocycles. The van der Waals surface area contributed by atoms with Crippen molar-refractivity contribution in [3.05, 3.63) is 0 Å². The van der Waals surface area contributed by atoms with Crippen LogP contribution in [0.1, 0.15) is 26.2 Å². The predicted molar refractivity (Wildman–Crippen MR) is 73.0 cm³/mol. The Labute approximate surface area is 116 Å². The number of carboxylic acid groups (broad SMARTS) is 1.